The van der Waals surface area contributed by atoms with Crippen LogP contribution in [0.2, 0.25) is 0 Å². The summed E-state index contributed by atoms with van der Waals surface area (Å²) < 4.78 is 1.43. The van der Waals surface area contributed by atoms with Crippen LogP contribution in [-0.4, -0.2) is 55.6 Å². The minimum absolute atomic E-state index is 0.0423. The molecule has 9 heteroatoms. The fourth-order valence-corrected chi connectivity index (χ4v) is 3.61. The first-order valence-electron chi connectivity index (χ1n) is 8.36. The van der Waals surface area contributed by atoms with Crippen LogP contribution in [0, 0.1) is 5.92 Å². The summed E-state index contributed by atoms with van der Waals surface area (Å²) in [6.45, 7) is 6.11. The molecule has 0 aliphatic carbocycles. The Labute approximate surface area is 145 Å². The minimum Gasteiger partial charge on any atom is -0.354 e. The van der Waals surface area contributed by atoms with Gasteiger partial charge in [-0.2, -0.15) is 0 Å². The molecule has 1 aliphatic rings. The number of aromatic nitrogens is 5. The Morgan fingerprint density at radius 3 is 2.92 bits per heavy atom. The van der Waals surface area contributed by atoms with Gasteiger partial charge in [0.1, 0.15) is 12.9 Å². The fraction of sp³-hybridized carbons (Fsp3) is 0.667. The molecule has 130 valence electrons. The van der Waals surface area contributed by atoms with Crippen molar-refractivity contribution < 1.29 is 4.79 Å². The van der Waals surface area contributed by atoms with Crippen LogP contribution in [0.5, 0.6) is 0 Å². The van der Waals surface area contributed by atoms with Gasteiger partial charge in [0.2, 0.25) is 5.91 Å². The number of nitrogens with zero attached hydrogens (tertiary/aromatic N) is 6. The van der Waals surface area contributed by atoms with Gasteiger partial charge in [0.05, 0.1) is 10.7 Å². The Kier molecular flexibility index (Phi) is 5.86. The first-order valence-corrected chi connectivity index (χ1v) is 9.24. The summed E-state index contributed by atoms with van der Waals surface area (Å²) >= 11 is 1.75. The molecule has 0 aromatic carbocycles. The second-order valence-electron chi connectivity index (χ2n) is 6.12. The van der Waals surface area contributed by atoms with Gasteiger partial charge in [0.25, 0.3) is 0 Å². The monoisotopic (exact) mass is 349 g/mol. The fourth-order valence-electron chi connectivity index (χ4n) is 2.88. The molecule has 24 heavy (non-hydrogen) atoms. The van der Waals surface area contributed by atoms with Crippen LogP contribution in [-0.2, 0) is 24.3 Å². The number of likely N-dealkylation sites (tertiary alicyclic amines) is 1. The number of tetrazole rings is 1. The largest absolute Gasteiger partial charge is 0.354 e. The van der Waals surface area contributed by atoms with Crippen LogP contribution >= 0.6 is 11.3 Å². The summed E-state index contributed by atoms with van der Waals surface area (Å²) in [5.74, 6) is 0.500. The number of piperidine rings is 1. The molecule has 1 N–H and O–H groups in total. The van der Waals surface area contributed by atoms with Crippen LogP contribution in [0.25, 0.3) is 0 Å². The number of rotatable bonds is 7. The van der Waals surface area contributed by atoms with E-state index in [1.807, 2.05) is 0 Å². The highest BCUT2D eigenvalue weighted by Crippen LogP contribution is 2.19. The Morgan fingerprint density at radius 1 is 1.42 bits per heavy atom. The van der Waals surface area contributed by atoms with Crippen molar-refractivity contribution in [2.75, 3.05) is 19.6 Å². The lowest BCUT2D eigenvalue weighted by Crippen LogP contribution is -2.39. The van der Waals surface area contributed by atoms with Crippen molar-refractivity contribution >= 4 is 17.2 Å². The first kappa shape index (κ1) is 17.0. The zero-order valence-electron chi connectivity index (χ0n) is 13.9. The summed E-state index contributed by atoms with van der Waals surface area (Å²) in [7, 11) is 0. The minimum atomic E-state index is -0.0423. The molecule has 1 aliphatic heterocycles. The van der Waals surface area contributed by atoms with Crippen LogP contribution in [0.4, 0.5) is 0 Å². The third-order valence-corrected chi connectivity index (χ3v) is 5.32. The van der Waals surface area contributed by atoms with E-state index >= 15 is 0 Å². The molecule has 3 rings (SSSR count). The maximum absolute atomic E-state index is 11.8. The molecule has 0 bridgehead atoms. The van der Waals surface area contributed by atoms with Crippen molar-refractivity contribution in [3.63, 3.8) is 0 Å². The summed E-state index contributed by atoms with van der Waals surface area (Å²) in [4.78, 5) is 18.9. The molecular formula is C15H23N7OS. The average Bonchev–Trinajstić information content (AvgIpc) is 3.26. The third-order valence-electron chi connectivity index (χ3n) is 4.28. The predicted octanol–water partition coefficient (Wildman–Crippen LogP) is 0.720. The highest BCUT2D eigenvalue weighted by Gasteiger charge is 2.20. The lowest BCUT2D eigenvalue weighted by Gasteiger charge is -2.31. The Morgan fingerprint density at radius 2 is 2.25 bits per heavy atom. The van der Waals surface area contributed by atoms with E-state index in [1.54, 1.807) is 11.3 Å². The van der Waals surface area contributed by atoms with Crippen molar-refractivity contribution in [3.05, 3.63) is 22.4 Å². The molecule has 1 fully saturated rings. The van der Waals surface area contributed by atoms with Crippen molar-refractivity contribution in [1.82, 2.24) is 35.4 Å². The molecule has 8 nitrogen and oxygen atoms in total. The maximum atomic E-state index is 11.8. The quantitative estimate of drug-likeness (QED) is 0.792. The van der Waals surface area contributed by atoms with E-state index in [0.29, 0.717) is 5.92 Å². The van der Waals surface area contributed by atoms with Crippen molar-refractivity contribution in [2.24, 2.45) is 5.92 Å². The molecule has 0 unspecified atom stereocenters. The van der Waals surface area contributed by atoms with E-state index in [4.69, 9.17) is 0 Å². The molecule has 0 saturated carbocycles. The zero-order chi connectivity index (χ0) is 16.8. The first-order chi connectivity index (χ1) is 11.7. The molecule has 3 heterocycles. The lowest BCUT2D eigenvalue weighted by molar-refractivity contribution is -0.122. The predicted molar refractivity (Wildman–Crippen MR) is 90.3 cm³/mol. The molecule has 0 atom stereocenters. The van der Waals surface area contributed by atoms with Gasteiger partial charge in [-0.15, -0.1) is 16.4 Å². The van der Waals surface area contributed by atoms with Crippen molar-refractivity contribution in [3.8, 4) is 0 Å². The van der Waals surface area contributed by atoms with Gasteiger partial charge in [0, 0.05) is 18.5 Å². The molecule has 1 saturated heterocycles. The van der Waals surface area contributed by atoms with Crippen molar-refractivity contribution in [2.45, 2.75) is 39.3 Å². The third kappa shape index (κ3) is 4.81. The molecule has 1 amide bonds. The molecule has 2 aromatic heterocycles. The molecular weight excluding hydrogens is 326 g/mol. The molecule has 0 radical (unpaired) electrons. The summed E-state index contributed by atoms with van der Waals surface area (Å²) in [5.41, 5.74) is 1.19. The number of nitrogens with one attached hydrogen (secondary N) is 1. The maximum Gasteiger partial charge on any atom is 0.241 e. The van der Waals surface area contributed by atoms with Crippen LogP contribution < -0.4 is 5.32 Å². The summed E-state index contributed by atoms with van der Waals surface area (Å²) in [6.07, 6.45) is 4.67. The van der Waals surface area contributed by atoms with Gasteiger partial charge in [-0.25, -0.2) is 9.67 Å². The normalized spacial score (nSPS) is 16.4. The zero-order valence-corrected chi connectivity index (χ0v) is 14.7. The van der Waals surface area contributed by atoms with Crippen molar-refractivity contribution in [1.29, 1.82) is 0 Å². The Bertz CT molecular complexity index is 634. The number of amides is 1. The van der Waals surface area contributed by atoms with E-state index in [2.05, 4.69) is 43.0 Å². The average molecular weight is 349 g/mol. The number of thiazole rings is 1. The van der Waals surface area contributed by atoms with Crippen LogP contribution in [0.1, 0.15) is 30.5 Å². The summed E-state index contributed by atoms with van der Waals surface area (Å²) in [5, 5.41) is 17.1. The van der Waals surface area contributed by atoms with Crippen LogP contribution in [0.15, 0.2) is 11.7 Å². The van der Waals surface area contributed by atoms with E-state index in [-0.39, 0.29) is 12.5 Å². The number of hydrogen-bond donors (Lipinski definition) is 1. The van der Waals surface area contributed by atoms with E-state index in [1.165, 1.54) is 21.7 Å². The van der Waals surface area contributed by atoms with Gasteiger partial charge in [0.15, 0.2) is 0 Å². The second-order valence-corrected chi connectivity index (χ2v) is 7.06. The van der Waals surface area contributed by atoms with E-state index in [9.17, 15) is 4.79 Å². The molecule has 2 aromatic rings. The number of hydrogen-bond acceptors (Lipinski definition) is 7. The number of aryl methyl sites for hydroxylation is 1. The van der Waals surface area contributed by atoms with Gasteiger partial charge in [-0.3, -0.25) is 9.69 Å². The van der Waals surface area contributed by atoms with Gasteiger partial charge < -0.3 is 5.32 Å². The lowest BCUT2D eigenvalue weighted by atomic mass is 9.96. The highest BCUT2D eigenvalue weighted by molar-refractivity contribution is 7.09. The molecule has 0 spiro atoms. The SMILES string of the molecule is CCc1nc(CN2CCC(CNC(=O)Cn3cnnn3)CC2)cs1. The Hall–Kier alpha value is -1.87. The smallest absolute Gasteiger partial charge is 0.241 e. The number of carbonyl (C=O) groups excluding carboxylic acids is 1. The standard InChI is InChI=1S/C15H23N7OS/c1-2-15-18-13(10-24-15)8-21-5-3-12(4-6-21)7-16-14(23)9-22-11-17-19-20-22/h10-12H,2-9H2,1H3,(H,16,23). The van der Waals surface area contributed by atoms with Crippen LogP contribution in [0.3, 0.4) is 0 Å². The van der Waals surface area contributed by atoms with E-state index in [0.717, 1.165) is 45.4 Å². The van der Waals surface area contributed by atoms with Gasteiger partial charge in [-0.1, -0.05) is 6.92 Å². The summed E-state index contributed by atoms with van der Waals surface area (Å²) in [6, 6.07) is 0. The number of carbonyl (C=O) groups is 1. The van der Waals surface area contributed by atoms with Gasteiger partial charge in [-0.05, 0) is 48.7 Å². The second kappa shape index (κ2) is 8.29. The van der Waals surface area contributed by atoms with E-state index < -0.39 is 0 Å². The topological polar surface area (TPSA) is 88.8 Å². The highest BCUT2D eigenvalue weighted by atomic mass is 32.1. The Balaban J connectivity index is 1.35. The van der Waals surface area contributed by atoms with Gasteiger partial charge >= 0.3 is 0 Å².